The molecule has 4 rings (SSSR count). The Morgan fingerprint density at radius 1 is 0.941 bits per heavy atom. The number of benzene rings is 2. The standard InChI is InChI=1S/C27H19N3O4/c1-34-27(33)21-15-23(29-25(16-21)30-26(32)22-6-2-3-7-24(22)31)20-12-10-18(11-13-20)8-9-19-5-4-14-28-17-19/h2-7,10-17,31H,1H3,(H,29,30,32). The van der Waals surface area contributed by atoms with Gasteiger partial charge in [0.1, 0.15) is 11.6 Å². The lowest BCUT2D eigenvalue weighted by molar-refractivity contribution is 0.0600. The van der Waals surface area contributed by atoms with Crippen LogP contribution in [0.3, 0.4) is 0 Å². The highest BCUT2D eigenvalue weighted by Gasteiger charge is 2.15. The van der Waals surface area contributed by atoms with E-state index in [9.17, 15) is 14.7 Å². The van der Waals surface area contributed by atoms with Gasteiger partial charge in [0.05, 0.1) is 23.9 Å². The topological polar surface area (TPSA) is 101 Å². The molecule has 0 aliphatic heterocycles. The average molecular weight is 449 g/mol. The molecule has 0 saturated heterocycles. The van der Waals surface area contributed by atoms with Crippen molar-refractivity contribution >= 4 is 17.7 Å². The number of pyridine rings is 2. The first kappa shape index (κ1) is 22.2. The molecule has 0 spiro atoms. The molecule has 166 valence electrons. The van der Waals surface area contributed by atoms with Crippen molar-refractivity contribution in [3.05, 3.63) is 107 Å². The number of hydrogen-bond donors (Lipinski definition) is 2. The number of esters is 1. The first-order valence-electron chi connectivity index (χ1n) is 10.3. The van der Waals surface area contributed by atoms with Crippen LogP contribution in [-0.4, -0.2) is 34.1 Å². The van der Waals surface area contributed by atoms with Crippen LogP contribution in [0.4, 0.5) is 5.82 Å². The van der Waals surface area contributed by atoms with Gasteiger partial charge in [-0.1, -0.05) is 36.1 Å². The summed E-state index contributed by atoms with van der Waals surface area (Å²) in [7, 11) is 1.28. The maximum atomic E-state index is 12.6. The quantitative estimate of drug-likeness (QED) is 0.356. The Morgan fingerprint density at radius 3 is 2.41 bits per heavy atom. The van der Waals surface area contributed by atoms with Crippen LogP contribution in [0.2, 0.25) is 0 Å². The van der Waals surface area contributed by atoms with Crippen molar-refractivity contribution in [2.75, 3.05) is 12.4 Å². The number of methoxy groups -OCH3 is 1. The second-order valence-electron chi connectivity index (χ2n) is 7.16. The summed E-state index contributed by atoms with van der Waals surface area (Å²) in [6.07, 6.45) is 3.38. The summed E-state index contributed by atoms with van der Waals surface area (Å²) >= 11 is 0. The molecule has 0 aliphatic rings. The number of nitrogens with one attached hydrogen (secondary N) is 1. The molecule has 0 fully saturated rings. The molecule has 2 aromatic heterocycles. The van der Waals surface area contributed by atoms with E-state index >= 15 is 0 Å². The van der Waals surface area contributed by atoms with Crippen molar-refractivity contribution in [3.8, 4) is 28.8 Å². The average Bonchev–Trinajstić information content (AvgIpc) is 2.88. The number of anilines is 1. The lowest BCUT2D eigenvalue weighted by atomic mass is 10.1. The minimum atomic E-state index is -0.569. The van der Waals surface area contributed by atoms with Crippen LogP contribution in [0.25, 0.3) is 11.3 Å². The molecule has 7 nitrogen and oxygen atoms in total. The molecular formula is C27H19N3O4. The number of para-hydroxylation sites is 1. The van der Waals surface area contributed by atoms with Gasteiger partial charge in [-0.05, 0) is 48.5 Å². The fraction of sp³-hybridized carbons (Fsp3) is 0.0370. The Kier molecular flexibility index (Phi) is 6.61. The number of nitrogens with zero attached hydrogens (tertiary/aromatic N) is 2. The van der Waals surface area contributed by atoms with E-state index in [0.717, 1.165) is 16.7 Å². The summed E-state index contributed by atoms with van der Waals surface area (Å²) in [5.41, 5.74) is 3.10. The minimum Gasteiger partial charge on any atom is -0.507 e. The fourth-order valence-corrected chi connectivity index (χ4v) is 3.13. The summed E-state index contributed by atoms with van der Waals surface area (Å²) in [6.45, 7) is 0. The van der Waals surface area contributed by atoms with Gasteiger partial charge in [-0.25, -0.2) is 9.78 Å². The van der Waals surface area contributed by atoms with E-state index in [1.807, 2.05) is 36.4 Å². The Balaban J connectivity index is 1.63. The van der Waals surface area contributed by atoms with Crippen LogP contribution >= 0.6 is 0 Å². The van der Waals surface area contributed by atoms with Crippen LogP contribution in [0.1, 0.15) is 31.8 Å². The van der Waals surface area contributed by atoms with E-state index in [1.54, 1.807) is 30.6 Å². The Hall–Kier alpha value is -4.96. The molecule has 0 radical (unpaired) electrons. The molecule has 2 N–H and O–H groups in total. The van der Waals surface area contributed by atoms with E-state index < -0.39 is 11.9 Å². The molecule has 0 aliphatic carbocycles. The third-order valence-corrected chi connectivity index (χ3v) is 4.83. The zero-order valence-electron chi connectivity index (χ0n) is 18.1. The molecule has 0 unspecified atom stereocenters. The maximum absolute atomic E-state index is 12.6. The summed E-state index contributed by atoms with van der Waals surface area (Å²) in [5.74, 6) is 4.98. The number of hydrogen-bond acceptors (Lipinski definition) is 6. The van der Waals surface area contributed by atoms with Crippen molar-refractivity contribution in [3.63, 3.8) is 0 Å². The first-order chi connectivity index (χ1) is 16.5. The molecule has 0 bridgehead atoms. The van der Waals surface area contributed by atoms with Crippen LogP contribution in [0, 0.1) is 11.8 Å². The number of aromatic hydroxyl groups is 1. The Morgan fingerprint density at radius 2 is 1.71 bits per heavy atom. The number of ether oxygens (including phenoxy) is 1. The van der Waals surface area contributed by atoms with Gasteiger partial charge in [-0.15, -0.1) is 0 Å². The van der Waals surface area contributed by atoms with E-state index in [2.05, 4.69) is 27.1 Å². The highest BCUT2D eigenvalue weighted by atomic mass is 16.5. The number of carbonyl (C=O) groups is 2. The summed E-state index contributed by atoms with van der Waals surface area (Å²) in [6, 6.07) is 20.2. The summed E-state index contributed by atoms with van der Waals surface area (Å²) < 4.78 is 4.84. The van der Waals surface area contributed by atoms with Crippen molar-refractivity contribution < 1.29 is 19.4 Å². The fourth-order valence-electron chi connectivity index (χ4n) is 3.13. The zero-order valence-corrected chi connectivity index (χ0v) is 18.1. The molecule has 4 aromatic rings. The Labute approximate surface area is 196 Å². The summed E-state index contributed by atoms with van der Waals surface area (Å²) in [4.78, 5) is 33.3. The van der Waals surface area contributed by atoms with Gasteiger partial charge in [-0.3, -0.25) is 9.78 Å². The maximum Gasteiger partial charge on any atom is 0.338 e. The zero-order chi connectivity index (χ0) is 23.9. The second kappa shape index (κ2) is 10.1. The van der Waals surface area contributed by atoms with Crippen molar-refractivity contribution in [1.82, 2.24) is 9.97 Å². The smallest absolute Gasteiger partial charge is 0.338 e. The number of phenols is 1. The highest BCUT2D eigenvalue weighted by molar-refractivity contribution is 6.06. The van der Waals surface area contributed by atoms with Gasteiger partial charge in [0.2, 0.25) is 0 Å². The van der Waals surface area contributed by atoms with Gasteiger partial charge < -0.3 is 15.2 Å². The molecule has 34 heavy (non-hydrogen) atoms. The lowest BCUT2D eigenvalue weighted by Gasteiger charge is -2.10. The summed E-state index contributed by atoms with van der Waals surface area (Å²) in [5, 5.41) is 12.6. The minimum absolute atomic E-state index is 0.0888. The number of rotatable bonds is 4. The van der Waals surface area contributed by atoms with Gasteiger partial charge in [0.25, 0.3) is 5.91 Å². The van der Waals surface area contributed by atoms with Crippen LogP contribution in [0.15, 0.2) is 85.2 Å². The third kappa shape index (κ3) is 5.26. The molecule has 2 aromatic carbocycles. The molecule has 0 atom stereocenters. The third-order valence-electron chi connectivity index (χ3n) is 4.83. The van der Waals surface area contributed by atoms with Gasteiger partial charge >= 0.3 is 5.97 Å². The Bertz CT molecular complexity index is 1410. The van der Waals surface area contributed by atoms with E-state index in [-0.39, 0.29) is 22.7 Å². The van der Waals surface area contributed by atoms with E-state index in [0.29, 0.717) is 5.69 Å². The normalized spacial score (nSPS) is 10.0. The van der Waals surface area contributed by atoms with Crippen molar-refractivity contribution in [1.29, 1.82) is 0 Å². The second-order valence-corrected chi connectivity index (χ2v) is 7.16. The van der Waals surface area contributed by atoms with E-state index in [4.69, 9.17) is 4.74 Å². The largest absolute Gasteiger partial charge is 0.507 e. The highest BCUT2D eigenvalue weighted by Crippen LogP contribution is 2.24. The molecule has 2 heterocycles. The number of amides is 1. The predicted molar refractivity (Wildman–Crippen MR) is 127 cm³/mol. The molecule has 7 heteroatoms. The van der Waals surface area contributed by atoms with Crippen molar-refractivity contribution in [2.45, 2.75) is 0 Å². The van der Waals surface area contributed by atoms with Crippen LogP contribution in [-0.2, 0) is 4.74 Å². The van der Waals surface area contributed by atoms with Crippen LogP contribution < -0.4 is 5.32 Å². The number of carbonyl (C=O) groups excluding carboxylic acids is 2. The number of phenolic OH excluding ortho intramolecular Hbond substituents is 1. The molecular weight excluding hydrogens is 430 g/mol. The molecule has 0 saturated carbocycles. The van der Waals surface area contributed by atoms with Gasteiger partial charge in [0, 0.05) is 29.1 Å². The first-order valence-corrected chi connectivity index (χ1v) is 10.3. The van der Waals surface area contributed by atoms with Crippen LogP contribution in [0.5, 0.6) is 5.75 Å². The molecule has 1 amide bonds. The lowest BCUT2D eigenvalue weighted by Crippen LogP contribution is -2.14. The van der Waals surface area contributed by atoms with Gasteiger partial charge in [0.15, 0.2) is 0 Å². The SMILES string of the molecule is COC(=O)c1cc(NC(=O)c2ccccc2O)nc(-c2ccc(C#Cc3cccnc3)cc2)c1. The number of aromatic nitrogens is 2. The van der Waals surface area contributed by atoms with Gasteiger partial charge in [-0.2, -0.15) is 0 Å². The monoisotopic (exact) mass is 449 g/mol. The predicted octanol–water partition coefficient (Wildman–Crippen LogP) is 4.29. The van der Waals surface area contributed by atoms with Crippen molar-refractivity contribution in [2.24, 2.45) is 0 Å². The van der Waals surface area contributed by atoms with E-state index in [1.165, 1.54) is 25.3 Å².